The fourth-order valence-electron chi connectivity index (χ4n) is 1.87. The van der Waals surface area contributed by atoms with Gasteiger partial charge in [-0.3, -0.25) is 0 Å². The molecule has 0 radical (unpaired) electrons. The molecule has 2 rings (SSSR count). The molecule has 1 unspecified atom stereocenters. The summed E-state index contributed by atoms with van der Waals surface area (Å²) in [6.45, 7) is 8.89. The molecule has 0 saturated carbocycles. The summed E-state index contributed by atoms with van der Waals surface area (Å²) in [6.07, 6.45) is 0. The van der Waals surface area contributed by atoms with E-state index in [1.165, 1.54) is 0 Å². The predicted octanol–water partition coefficient (Wildman–Crippen LogP) is 3.33. The Hall–Kier alpha value is -0.430. The molecular weight excluding hydrogens is 342 g/mol. The smallest absolute Gasteiger partial charge is 0.175 e. The van der Waals surface area contributed by atoms with Gasteiger partial charge in [0, 0.05) is 16.9 Å². The zero-order valence-corrected chi connectivity index (χ0v) is 14.6. The highest BCUT2D eigenvalue weighted by atomic mass is 79.9. The van der Waals surface area contributed by atoms with Crippen molar-refractivity contribution in [2.24, 2.45) is 0 Å². The monoisotopic (exact) mass is 361 g/mol. The van der Waals surface area contributed by atoms with Crippen molar-refractivity contribution in [2.45, 2.75) is 38.5 Å². The molecule has 1 aliphatic heterocycles. The number of hydrogen-bond donors (Lipinski definition) is 1. The van der Waals surface area contributed by atoms with Gasteiger partial charge in [0.25, 0.3) is 0 Å². The van der Waals surface area contributed by atoms with Crippen LogP contribution in [0.2, 0.25) is 0 Å². The van der Waals surface area contributed by atoms with Gasteiger partial charge in [-0.25, -0.2) is 0 Å². The molecule has 2 atom stereocenters. The molecule has 0 aliphatic carbocycles. The summed E-state index contributed by atoms with van der Waals surface area (Å²) in [5, 5.41) is 0. The molecule has 112 valence electrons. The van der Waals surface area contributed by atoms with E-state index in [2.05, 4.69) is 20.7 Å². The van der Waals surface area contributed by atoms with Gasteiger partial charge in [0.05, 0.1) is 10.5 Å². The van der Waals surface area contributed by atoms with E-state index in [0.717, 1.165) is 21.5 Å². The normalized spacial score (nSPS) is 17.7. The fraction of sp³-hybridized carbons (Fsp3) is 0.571. The Balaban J connectivity index is 2.24. The third-order valence-electron chi connectivity index (χ3n) is 2.98. The second-order valence-electron chi connectivity index (χ2n) is 5.71. The Morgan fingerprint density at radius 1 is 1.25 bits per heavy atom. The zero-order chi connectivity index (χ0) is 14.9. The van der Waals surface area contributed by atoms with Crippen LogP contribution in [0.3, 0.4) is 0 Å². The van der Waals surface area contributed by atoms with Crippen molar-refractivity contribution in [2.75, 3.05) is 13.2 Å². The lowest BCUT2D eigenvalue weighted by Crippen LogP contribution is -2.40. The lowest BCUT2D eigenvalue weighted by Gasteiger charge is -2.28. The number of ether oxygens (including phenoxy) is 2. The van der Waals surface area contributed by atoms with E-state index in [-0.39, 0.29) is 10.8 Å². The quantitative estimate of drug-likeness (QED) is 0.838. The van der Waals surface area contributed by atoms with Crippen molar-refractivity contribution in [1.29, 1.82) is 0 Å². The van der Waals surface area contributed by atoms with E-state index < -0.39 is 11.4 Å². The third kappa shape index (κ3) is 3.42. The number of halogens is 1. The summed E-state index contributed by atoms with van der Waals surface area (Å²) >= 11 is 2.33. The second kappa shape index (κ2) is 6.13. The topological polar surface area (TPSA) is 53.5 Å². The van der Waals surface area contributed by atoms with Crippen molar-refractivity contribution in [3.8, 4) is 11.5 Å². The number of nitrogens with one attached hydrogen (secondary N) is 1. The minimum atomic E-state index is -1.13. The highest BCUT2D eigenvalue weighted by Crippen LogP contribution is 2.42. The van der Waals surface area contributed by atoms with Crippen molar-refractivity contribution >= 4 is 27.3 Å². The molecule has 4 nitrogen and oxygen atoms in total. The van der Waals surface area contributed by atoms with E-state index in [1.807, 2.05) is 39.8 Å². The van der Waals surface area contributed by atoms with Crippen LogP contribution in [0, 0.1) is 0 Å². The van der Waals surface area contributed by atoms with Gasteiger partial charge in [0.2, 0.25) is 0 Å². The van der Waals surface area contributed by atoms with Crippen LogP contribution in [0.1, 0.15) is 39.3 Å². The minimum Gasteiger partial charge on any atom is -0.598 e. The maximum absolute atomic E-state index is 12.2. The molecule has 0 fully saturated rings. The van der Waals surface area contributed by atoms with Gasteiger partial charge in [-0.15, -0.1) is 4.72 Å². The van der Waals surface area contributed by atoms with Crippen LogP contribution >= 0.6 is 15.9 Å². The Morgan fingerprint density at radius 2 is 1.85 bits per heavy atom. The van der Waals surface area contributed by atoms with Gasteiger partial charge in [0.15, 0.2) is 11.5 Å². The summed E-state index contributed by atoms with van der Waals surface area (Å²) in [5.74, 6) is 1.46. The Kier molecular flexibility index (Phi) is 4.89. The van der Waals surface area contributed by atoms with Crippen molar-refractivity contribution in [3.05, 3.63) is 22.2 Å². The molecule has 0 saturated heterocycles. The van der Waals surface area contributed by atoms with Crippen LogP contribution in [-0.4, -0.2) is 22.5 Å². The highest BCUT2D eigenvalue weighted by molar-refractivity contribution is 9.10. The predicted molar refractivity (Wildman–Crippen MR) is 84.6 cm³/mol. The first-order chi connectivity index (χ1) is 9.30. The molecule has 20 heavy (non-hydrogen) atoms. The fourth-order valence-corrected chi connectivity index (χ4v) is 3.09. The average molecular weight is 362 g/mol. The molecule has 1 heterocycles. The van der Waals surface area contributed by atoms with E-state index in [9.17, 15) is 4.55 Å². The molecule has 0 aromatic heterocycles. The summed E-state index contributed by atoms with van der Waals surface area (Å²) < 4.78 is 27.3. The maximum Gasteiger partial charge on any atom is 0.175 e. The first-order valence-electron chi connectivity index (χ1n) is 6.56. The molecule has 0 amide bonds. The largest absolute Gasteiger partial charge is 0.598 e. The number of benzene rings is 1. The second-order valence-corrected chi connectivity index (χ2v) is 8.56. The van der Waals surface area contributed by atoms with Gasteiger partial charge in [-0.2, -0.15) is 0 Å². The Morgan fingerprint density at radius 3 is 2.45 bits per heavy atom. The van der Waals surface area contributed by atoms with Gasteiger partial charge >= 0.3 is 0 Å². The Labute approximate surface area is 131 Å². The lowest BCUT2D eigenvalue weighted by atomic mass is 10.1. The zero-order valence-electron chi connectivity index (χ0n) is 12.2. The summed E-state index contributed by atoms with van der Waals surface area (Å²) in [5.41, 5.74) is 0.959. The SMILES string of the molecule is C[C@H](N[S+]([O-])C(C)(C)C)c1ccc(Br)c2c1OCCO2. The average Bonchev–Trinajstić information content (AvgIpc) is 2.38. The van der Waals surface area contributed by atoms with Crippen molar-refractivity contribution < 1.29 is 14.0 Å². The van der Waals surface area contributed by atoms with Crippen molar-refractivity contribution in [3.63, 3.8) is 0 Å². The van der Waals surface area contributed by atoms with Gasteiger partial charge in [0.1, 0.15) is 18.0 Å². The molecule has 6 heteroatoms. The molecule has 0 bridgehead atoms. The summed E-state index contributed by atoms with van der Waals surface area (Å²) in [4.78, 5) is 0. The molecule has 1 aromatic rings. The van der Waals surface area contributed by atoms with Crippen LogP contribution < -0.4 is 14.2 Å². The number of fused-ring (bicyclic) bond motifs is 1. The standard InChI is InChI=1S/C14H20BrNO3S/c1-9(16-20(17)14(2,3)4)10-5-6-11(15)13-12(10)18-7-8-19-13/h5-6,9,16H,7-8H2,1-4H3/t9-,20?/m0/s1. The number of rotatable bonds is 3. The summed E-state index contributed by atoms with van der Waals surface area (Å²) in [7, 11) is 0. The van der Waals surface area contributed by atoms with Crippen LogP contribution in [0.15, 0.2) is 16.6 Å². The Bertz CT molecular complexity index is 490. The number of hydrogen-bond acceptors (Lipinski definition) is 4. The van der Waals surface area contributed by atoms with Gasteiger partial charge in [-0.05, 0) is 49.7 Å². The van der Waals surface area contributed by atoms with Gasteiger partial charge < -0.3 is 14.0 Å². The van der Waals surface area contributed by atoms with Crippen LogP contribution in [0.25, 0.3) is 0 Å². The third-order valence-corrected chi connectivity index (χ3v) is 5.28. The lowest BCUT2D eigenvalue weighted by molar-refractivity contribution is 0.168. The van der Waals surface area contributed by atoms with Crippen molar-refractivity contribution in [1.82, 2.24) is 4.72 Å². The molecule has 1 aliphatic rings. The first kappa shape index (κ1) is 15.9. The minimum absolute atomic E-state index is 0.0846. The maximum atomic E-state index is 12.2. The highest BCUT2D eigenvalue weighted by Gasteiger charge is 2.30. The summed E-state index contributed by atoms with van der Waals surface area (Å²) in [6, 6.07) is 3.81. The first-order valence-corrected chi connectivity index (χ1v) is 8.51. The van der Waals surface area contributed by atoms with E-state index in [0.29, 0.717) is 13.2 Å². The van der Waals surface area contributed by atoms with Crippen LogP contribution in [0.5, 0.6) is 11.5 Å². The van der Waals surface area contributed by atoms with E-state index in [1.54, 1.807) is 0 Å². The van der Waals surface area contributed by atoms with E-state index in [4.69, 9.17) is 9.47 Å². The van der Waals surface area contributed by atoms with Gasteiger partial charge in [-0.1, -0.05) is 6.07 Å². The van der Waals surface area contributed by atoms with Crippen LogP contribution in [0.4, 0.5) is 0 Å². The molecule has 1 aromatic carbocycles. The van der Waals surface area contributed by atoms with E-state index >= 15 is 0 Å². The molecule has 0 spiro atoms. The molecule has 1 N–H and O–H groups in total. The molecular formula is C14H20BrNO3S. The van der Waals surface area contributed by atoms with Crippen LogP contribution in [-0.2, 0) is 11.4 Å².